The molecule has 0 N–H and O–H groups in total. The van der Waals surface area contributed by atoms with Crippen LogP contribution in [0.3, 0.4) is 0 Å². The topological polar surface area (TPSA) is 44.8 Å². The molecule has 0 atom stereocenters. The van der Waals surface area contributed by atoms with Crippen molar-refractivity contribution >= 4 is 7.82 Å². The predicted octanol–water partition coefficient (Wildman–Crippen LogP) is 12.7. The molecule has 5 heteroatoms. The molecule has 0 aliphatic rings. The first-order chi connectivity index (χ1) is 18.7. The normalized spacial score (nSPS) is 12.0. The highest BCUT2D eigenvalue weighted by Gasteiger charge is 2.26. The molecule has 0 fully saturated rings. The predicted molar refractivity (Wildman–Crippen MR) is 167 cm³/mol. The highest BCUT2D eigenvalue weighted by atomic mass is 31.2. The van der Waals surface area contributed by atoms with Gasteiger partial charge in [-0.1, -0.05) is 175 Å². The van der Waals surface area contributed by atoms with E-state index in [4.69, 9.17) is 13.6 Å². The van der Waals surface area contributed by atoms with Gasteiger partial charge in [0.25, 0.3) is 0 Å². The van der Waals surface area contributed by atoms with Crippen molar-refractivity contribution in [1.82, 2.24) is 0 Å². The van der Waals surface area contributed by atoms with Crippen LogP contribution in [0.25, 0.3) is 0 Å². The largest absolute Gasteiger partial charge is 0.474 e. The molecular formula is C33H69O4P. The average Bonchev–Trinajstić information content (AvgIpc) is 2.92. The van der Waals surface area contributed by atoms with E-state index >= 15 is 0 Å². The van der Waals surface area contributed by atoms with Crippen molar-refractivity contribution in [3.8, 4) is 0 Å². The Balaban J connectivity index is 4.07. The molecular weight excluding hydrogens is 491 g/mol. The SMILES string of the molecule is CCCCCCCCCCCOP(=O)(OCCCCCCCCCCC)OCCCCCCCCCCC. The molecule has 0 aliphatic carbocycles. The molecule has 0 aliphatic heterocycles. The minimum Gasteiger partial charge on any atom is -0.287 e. The van der Waals surface area contributed by atoms with Gasteiger partial charge in [0.15, 0.2) is 0 Å². The summed E-state index contributed by atoms with van der Waals surface area (Å²) in [4.78, 5) is 0. The Morgan fingerprint density at radius 1 is 0.316 bits per heavy atom. The van der Waals surface area contributed by atoms with Crippen molar-refractivity contribution in [2.24, 2.45) is 0 Å². The van der Waals surface area contributed by atoms with Crippen LogP contribution in [0.15, 0.2) is 0 Å². The van der Waals surface area contributed by atoms with Gasteiger partial charge >= 0.3 is 7.82 Å². The third-order valence-corrected chi connectivity index (χ3v) is 8.99. The van der Waals surface area contributed by atoms with Gasteiger partial charge in [-0.3, -0.25) is 13.6 Å². The Hall–Kier alpha value is 0.110. The maximum Gasteiger partial charge on any atom is 0.474 e. The van der Waals surface area contributed by atoms with Crippen LogP contribution < -0.4 is 0 Å². The summed E-state index contributed by atoms with van der Waals surface area (Å²) < 4.78 is 30.6. The molecule has 0 bridgehead atoms. The zero-order chi connectivity index (χ0) is 27.8. The lowest BCUT2D eigenvalue weighted by atomic mass is 10.1. The Morgan fingerprint density at radius 2 is 0.500 bits per heavy atom. The lowest BCUT2D eigenvalue weighted by Gasteiger charge is -2.18. The highest BCUT2D eigenvalue weighted by molar-refractivity contribution is 7.48. The third-order valence-electron chi connectivity index (χ3n) is 7.49. The van der Waals surface area contributed by atoms with Crippen LogP contribution in [0.4, 0.5) is 0 Å². The van der Waals surface area contributed by atoms with Gasteiger partial charge in [0.05, 0.1) is 19.8 Å². The number of phosphoric ester groups is 1. The quantitative estimate of drug-likeness (QED) is 0.0591. The number of hydrogen-bond acceptors (Lipinski definition) is 4. The molecule has 0 spiro atoms. The summed E-state index contributed by atoms with van der Waals surface area (Å²) in [5, 5.41) is 0. The monoisotopic (exact) mass is 560 g/mol. The van der Waals surface area contributed by atoms with Crippen molar-refractivity contribution in [3.05, 3.63) is 0 Å². The molecule has 0 aromatic rings. The molecule has 0 amide bonds. The van der Waals surface area contributed by atoms with Gasteiger partial charge in [0.1, 0.15) is 0 Å². The maximum absolute atomic E-state index is 13.3. The molecule has 0 saturated heterocycles. The molecule has 0 aromatic carbocycles. The van der Waals surface area contributed by atoms with Gasteiger partial charge < -0.3 is 0 Å². The van der Waals surface area contributed by atoms with Crippen LogP contribution >= 0.6 is 7.82 Å². The van der Waals surface area contributed by atoms with E-state index in [0.29, 0.717) is 19.8 Å². The summed E-state index contributed by atoms with van der Waals surface area (Å²) in [6, 6.07) is 0. The van der Waals surface area contributed by atoms with Gasteiger partial charge in [-0.15, -0.1) is 0 Å². The van der Waals surface area contributed by atoms with Gasteiger partial charge in [0, 0.05) is 0 Å². The Labute approximate surface area is 239 Å². The van der Waals surface area contributed by atoms with E-state index in [2.05, 4.69) is 20.8 Å². The Morgan fingerprint density at radius 3 is 0.711 bits per heavy atom. The van der Waals surface area contributed by atoms with Gasteiger partial charge in [-0.2, -0.15) is 0 Å². The van der Waals surface area contributed by atoms with E-state index in [-0.39, 0.29) is 0 Å². The first-order valence-corrected chi connectivity index (χ1v) is 18.7. The summed E-state index contributed by atoms with van der Waals surface area (Å²) in [6.45, 7) is 8.21. The molecule has 0 heterocycles. The average molecular weight is 561 g/mol. The molecule has 230 valence electrons. The second-order valence-corrected chi connectivity index (χ2v) is 13.1. The molecule has 4 nitrogen and oxygen atoms in total. The fraction of sp³-hybridized carbons (Fsp3) is 1.00. The molecule has 0 saturated carbocycles. The second-order valence-electron chi connectivity index (χ2n) is 11.4. The summed E-state index contributed by atoms with van der Waals surface area (Å²) in [7, 11) is -3.44. The van der Waals surface area contributed by atoms with E-state index in [1.807, 2.05) is 0 Å². The number of rotatable bonds is 33. The minimum atomic E-state index is -3.44. The number of hydrogen-bond donors (Lipinski definition) is 0. The molecule has 0 aromatic heterocycles. The standard InChI is InChI=1S/C33H69O4P/c1-4-7-10-13-16-19-22-25-28-31-35-38(34,36-32-29-26-23-20-17-14-11-8-5-2)37-33-30-27-24-21-18-15-12-9-6-3/h4-33H2,1-3H3. The maximum atomic E-state index is 13.3. The molecule has 0 rings (SSSR count). The zero-order valence-electron chi connectivity index (χ0n) is 26.3. The lowest BCUT2D eigenvalue weighted by Crippen LogP contribution is -2.04. The fourth-order valence-electron chi connectivity index (χ4n) is 4.88. The number of phosphoric acid groups is 1. The van der Waals surface area contributed by atoms with Crippen LogP contribution in [-0.2, 0) is 18.1 Å². The Kier molecular flexibility index (Phi) is 31.7. The first kappa shape index (κ1) is 38.1. The summed E-state index contributed by atoms with van der Waals surface area (Å²) >= 11 is 0. The lowest BCUT2D eigenvalue weighted by molar-refractivity contribution is 0.108. The fourth-order valence-corrected chi connectivity index (χ4v) is 6.16. The van der Waals surface area contributed by atoms with Crippen molar-refractivity contribution in [1.29, 1.82) is 0 Å². The van der Waals surface area contributed by atoms with Crippen molar-refractivity contribution < 1.29 is 18.1 Å². The second kappa shape index (κ2) is 31.6. The Bertz CT molecular complexity index is 419. The zero-order valence-corrected chi connectivity index (χ0v) is 27.2. The van der Waals surface area contributed by atoms with E-state index in [9.17, 15) is 4.57 Å². The molecule has 0 radical (unpaired) electrons. The molecule has 0 unspecified atom stereocenters. The summed E-state index contributed by atoms with van der Waals surface area (Å²) in [5.41, 5.74) is 0. The van der Waals surface area contributed by atoms with E-state index in [1.165, 1.54) is 135 Å². The minimum absolute atomic E-state index is 0.475. The van der Waals surface area contributed by atoms with Crippen LogP contribution in [0.2, 0.25) is 0 Å². The van der Waals surface area contributed by atoms with Crippen LogP contribution in [0.1, 0.15) is 194 Å². The first-order valence-electron chi connectivity index (χ1n) is 17.2. The van der Waals surface area contributed by atoms with Crippen molar-refractivity contribution in [3.63, 3.8) is 0 Å². The van der Waals surface area contributed by atoms with E-state index < -0.39 is 7.82 Å². The summed E-state index contributed by atoms with van der Waals surface area (Å²) in [6.07, 6.45) is 34.0. The third kappa shape index (κ3) is 29.1. The molecule has 38 heavy (non-hydrogen) atoms. The van der Waals surface area contributed by atoms with Crippen LogP contribution in [-0.4, -0.2) is 19.8 Å². The van der Waals surface area contributed by atoms with Crippen molar-refractivity contribution in [2.75, 3.05) is 19.8 Å². The van der Waals surface area contributed by atoms with E-state index in [0.717, 1.165) is 38.5 Å². The van der Waals surface area contributed by atoms with Crippen LogP contribution in [0.5, 0.6) is 0 Å². The van der Waals surface area contributed by atoms with Gasteiger partial charge in [0.2, 0.25) is 0 Å². The number of unbranched alkanes of at least 4 members (excludes halogenated alkanes) is 24. The van der Waals surface area contributed by atoms with Gasteiger partial charge in [-0.05, 0) is 19.3 Å². The van der Waals surface area contributed by atoms with Gasteiger partial charge in [-0.25, -0.2) is 4.57 Å². The smallest absolute Gasteiger partial charge is 0.287 e. The summed E-state index contributed by atoms with van der Waals surface area (Å²) in [5.74, 6) is 0. The highest BCUT2D eigenvalue weighted by Crippen LogP contribution is 2.50. The van der Waals surface area contributed by atoms with E-state index in [1.54, 1.807) is 0 Å². The van der Waals surface area contributed by atoms with Crippen molar-refractivity contribution in [2.45, 2.75) is 194 Å². The van der Waals surface area contributed by atoms with Crippen LogP contribution in [0, 0.1) is 0 Å².